The standard InChI is InChI=1S/2C6H6O.H3P/c2*7-6-4-2-1-3-5-6;/h2*1-5,7H;1H3. The van der Waals surface area contributed by atoms with Gasteiger partial charge in [0.15, 0.2) is 0 Å². The molecule has 0 amide bonds. The maximum absolute atomic E-state index is 8.63. The Balaban J connectivity index is 0.000000245. The lowest BCUT2D eigenvalue weighted by Gasteiger charge is -1.82. The van der Waals surface area contributed by atoms with Gasteiger partial charge in [-0.05, 0) is 24.3 Å². The molecule has 0 aromatic heterocycles. The van der Waals surface area contributed by atoms with E-state index in [4.69, 9.17) is 10.2 Å². The average Bonchev–Trinajstić information content (AvgIpc) is 2.21. The summed E-state index contributed by atoms with van der Waals surface area (Å²) in [6.07, 6.45) is 0. The van der Waals surface area contributed by atoms with Crippen molar-refractivity contribution in [2.24, 2.45) is 0 Å². The topological polar surface area (TPSA) is 40.5 Å². The summed E-state index contributed by atoms with van der Waals surface area (Å²) in [4.78, 5) is 0. The fourth-order valence-electron chi connectivity index (χ4n) is 0.856. The molecule has 0 aliphatic heterocycles. The van der Waals surface area contributed by atoms with Gasteiger partial charge in [-0.1, -0.05) is 36.4 Å². The van der Waals surface area contributed by atoms with Crippen LogP contribution in [0.15, 0.2) is 60.7 Å². The van der Waals surface area contributed by atoms with E-state index in [0.717, 1.165) is 0 Å². The quantitative estimate of drug-likeness (QED) is 0.673. The van der Waals surface area contributed by atoms with Gasteiger partial charge in [0.2, 0.25) is 0 Å². The molecule has 0 bridgehead atoms. The minimum atomic E-state index is 0. The van der Waals surface area contributed by atoms with Crippen LogP contribution in [-0.2, 0) is 0 Å². The first-order valence-corrected chi connectivity index (χ1v) is 4.27. The van der Waals surface area contributed by atoms with E-state index in [2.05, 4.69) is 0 Å². The predicted molar refractivity (Wildman–Crippen MR) is 67.3 cm³/mol. The molecule has 2 aromatic carbocycles. The second-order valence-electron chi connectivity index (χ2n) is 2.67. The number of phenolic OH excluding ortho intramolecular Hbond substituents is 2. The van der Waals surface area contributed by atoms with Crippen LogP contribution in [0.2, 0.25) is 0 Å². The van der Waals surface area contributed by atoms with Crippen molar-refractivity contribution in [2.45, 2.75) is 0 Å². The third kappa shape index (κ3) is 6.53. The summed E-state index contributed by atoms with van der Waals surface area (Å²) in [6.45, 7) is 0. The Morgan fingerprint density at radius 1 is 0.533 bits per heavy atom. The Labute approximate surface area is 92.8 Å². The van der Waals surface area contributed by atoms with E-state index in [1.54, 1.807) is 48.5 Å². The predicted octanol–water partition coefficient (Wildman–Crippen LogP) is 2.84. The van der Waals surface area contributed by atoms with Gasteiger partial charge in [-0.2, -0.15) is 9.90 Å². The van der Waals surface area contributed by atoms with Crippen molar-refractivity contribution in [3.05, 3.63) is 60.7 Å². The number of hydrogen-bond donors (Lipinski definition) is 2. The molecule has 3 heteroatoms. The number of hydrogen-bond acceptors (Lipinski definition) is 2. The molecule has 0 heterocycles. The highest BCUT2D eigenvalue weighted by Crippen LogP contribution is 2.03. The summed E-state index contributed by atoms with van der Waals surface area (Å²) in [6, 6.07) is 17.4. The van der Waals surface area contributed by atoms with Crippen molar-refractivity contribution in [1.82, 2.24) is 0 Å². The van der Waals surface area contributed by atoms with Gasteiger partial charge in [0.1, 0.15) is 11.5 Å². The van der Waals surface area contributed by atoms with E-state index in [1.165, 1.54) is 0 Å². The third-order valence-corrected chi connectivity index (χ3v) is 1.51. The van der Waals surface area contributed by atoms with Crippen LogP contribution in [0.1, 0.15) is 0 Å². The van der Waals surface area contributed by atoms with Crippen molar-refractivity contribution >= 4 is 9.90 Å². The van der Waals surface area contributed by atoms with Crippen molar-refractivity contribution in [3.63, 3.8) is 0 Å². The number of para-hydroxylation sites is 2. The van der Waals surface area contributed by atoms with E-state index in [9.17, 15) is 0 Å². The normalized spacial score (nSPS) is 8.00. The molecule has 0 radical (unpaired) electrons. The number of rotatable bonds is 0. The van der Waals surface area contributed by atoms with Crippen LogP contribution in [0.25, 0.3) is 0 Å². The van der Waals surface area contributed by atoms with E-state index in [-0.39, 0.29) is 9.90 Å². The Bertz CT molecular complexity index is 311. The van der Waals surface area contributed by atoms with Gasteiger partial charge in [-0.15, -0.1) is 0 Å². The Kier molecular flexibility index (Phi) is 7.04. The van der Waals surface area contributed by atoms with Crippen molar-refractivity contribution in [1.29, 1.82) is 0 Å². The van der Waals surface area contributed by atoms with Crippen LogP contribution in [0.3, 0.4) is 0 Å². The van der Waals surface area contributed by atoms with E-state index < -0.39 is 0 Å². The van der Waals surface area contributed by atoms with Crippen LogP contribution in [0.4, 0.5) is 0 Å². The molecule has 0 saturated carbocycles. The van der Waals surface area contributed by atoms with Crippen LogP contribution >= 0.6 is 9.90 Å². The molecule has 2 aromatic rings. The number of phenols is 2. The smallest absolute Gasteiger partial charge is 0.115 e. The summed E-state index contributed by atoms with van der Waals surface area (Å²) in [5, 5.41) is 17.3. The maximum Gasteiger partial charge on any atom is 0.115 e. The van der Waals surface area contributed by atoms with Crippen LogP contribution < -0.4 is 0 Å². The Morgan fingerprint density at radius 3 is 0.933 bits per heavy atom. The molecular formula is C12H15O2P. The highest BCUT2D eigenvalue weighted by atomic mass is 31.0. The van der Waals surface area contributed by atoms with Gasteiger partial charge >= 0.3 is 0 Å². The van der Waals surface area contributed by atoms with Gasteiger partial charge in [0.25, 0.3) is 0 Å². The van der Waals surface area contributed by atoms with Crippen molar-refractivity contribution < 1.29 is 10.2 Å². The van der Waals surface area contributed by atoms with E-state index in [1.807, 2.05) is 12.1 Å². The molecule has 0 spiro atoms. The minimum Gasteiger partial charge on any atom is -0.508 e. The zero-order valence-electron chi connectivity index (χ0n) is 8.38. The summed E-state index contributed by atoms with van der Waals surface area (Å²) < 4.78 is 0. The molecule has 1 unspecified atom stereocenters. The molecule has 1 atom stereocenters. The molecule has 0 aliphatic rings. The SMILES string of the molecule is Oc1ccccc1.Oc1ccccc1.P. The Morgan fingerprint density at radius 2 is 0.800 bits per heavy atom. The molecule has 0 saturated heterocycles. The molecule has 15 heavy (non-hydrogen) atoms. The molecule has 2 rings (SSSR count). The van der Waals surface area contributed by atoms with Crippen molar-refractivity contribution in [3.8, 4) is 11.5 Å². The van der Waals surface area contributed by atoms with Crippen LogP contribution in [0, 0.1) is 0 Å². The first kappa shape index (κ1) is 13.5. The largest absolute Gasteiger partial charge is 0.508 e. The highest BCUT2D eigenvalue weighted by Gasteiger charge is 1.75. The molecule has 2 N–H and O–H groups in total. The first-order chi connectivity index (χ1) is 6.79. The Hall–Kier alpha value is -1.53. The number of aromatic hydroxyl groups is 2. The molecule has 0 fully saturated rings. The summed E-state index contributed by atoms with van der Waals surface area (Å²) in [7, 11) is 0. The summed E-state index contributed by atoms with van der Waals surface area (Å²) in [5.41, 5.74) is 0. The van der Waals surface area contributed by atoms with Gasteiger partial charge in [0, 0.05) is 0 Å². The molecule has 2 nitrogen and oxygen atoms in total. The summed E-state index contributed by atoms with van der Waals surface area (Å²) >= 11 is 0. The second-order valence-corrected chi connectivity index (χ2v) is 2.67. The van der Waals surface area contributed by atoms with Crippen molar-refractivity contribution in [2.75, 3.05) is 0 Å². The monoisotopic (exact) mass is 222 g/mol. The molecule has 0 aliphatic carbocycles. The van der Waals surface area contributed by atoms with Gasteiger partial charge < -0.3 is 10.2 Å². The van der Waals surface area contributed by atoms with Gasteiger partial charge in [-0.3, -0.25) is 0 Å². The second kappa shape index (κ2) is 7.84. The average molecular weight is 222 g/mol. The number of benzene rings is 2. The fraction of sp³-hybridized carbons (Fsp3) is 0. The van der Waals surface area contributed by atoms with E-state index in [0.29, 0.717) is 11.5 Å². The van der Waals surface area contributed by atoms with Crippen LogP contribution in [0.5, 0.6) is 11.5 Å². The zero-order valence-corrected chi connectivity index (χ0v) is 9.79. The van der Waals surface area contributed by atoms with Gasteiger partial charge in [-0.25, -0.2) is 0 Å². The molecular weight excluding hydrogens is 207 g/mol. The minimum absolute atomic E-state index is 0. The zero-order chi connectivity index (χ0) is 10.2. The van der Waals surface area contributed by atoms with Gasteiger partial charge in [0.05, 0.1) is 0 Å². The highest BCUT2D eigenvalue weighted by molar-refractivity contribution is 6.92. The first-order valence-electron chi connectivity index (χ1n) is 4.27. The molecule has 80 valence electrons. The summed E-state index contributed by atoms with van der Waals surface area (Å²) in [5.74, 6) is 0.644. The lowest BCUT2D eigenvalue weighted by molar-refractivity contribution is 0.475. The fourth-order valence-corrected chi connectivity index (χ4v) is 0.856. The lowest BCUT2D eigenvalue weighted by atomic mass is 10.3. The third-order valence-electron chi connectivity index (χ3n) is 1.51. The van der Waals surface area contributed by atoms with Crippen LogP contribution in [-0.4, -0.2) is 10.2 Å². The maximum atomic E-state index is 8.63. The van der Waals surface area contributed by atoms with E-state index >= 15 is 0 Å². The lowest BCUT2D eigenvalue weighted by Crippen LogP contribution is -1.56.